The van der Waals surface area contributed by atoms with Crippen LogP contribution in [0.3, 0.4) is 0 Å². The minimum Gasteiger partial charge on any atom is -0.356 e. The lowest BCUT2D eigenvalue weighted by molar-refractivity contribution is -0.131. The molecule has 1 N–H and O–H groups in total. The Labute approximate surface area is 181 Å². The highest BCUT2D eigenvalue weighted by Gasteiger charge is 2.23. The summed E-state index contributed by atoms with van der Waals surface area (Å²) >= 11 is 7.74. The van der Waals surface area contributed by atoms with Gasteiger partial charge in [0, 0.05) is 62.3 Å². The number of nitrogens with zero attached hydrogens (tertiary/aromatic N) is 4. The Kier molecular flexibility index (Phi) is 7.89. The van der Waals surface area contributed by atoms with Gasteiger partial charge in [0.15, 0.2) is 5.96 Å². The van der Waals surface area contributed by atoms with E-state index in [-0.39, 0.29) is 5.91 Å². The van der Waals surface area contributed by atoms with Gasteiger partial charge in [0.2, 0.25) is 5.91 Å². The van der Waals surface area contributed by atoms with Crippen LogP contribution in [-0.2, 0) is 17.6 Å². The average molecular weight is 434 g/mol. The summed E-state index contributed by atoms with van der Waals surface area (Å²) in [5.41, 5.74) is 2.05. The number of aliphatic imine (C=N–C) groups is 1. The Morgan fingerprint density at radius 1 is 1.28 bits per heavy atom. The van der Waals surface area contributed by atoms with Gasteiger partial charge in [0.05, 0.1) is 11.4 Å². The zero-order valence-corrected chi connectivity index (χ0v) is 18.6. The number of carbonyl (C=O) groups is 1. The number of aryl methyl sites for hydroxylation is 2. The lowest BCUT2D eigenvalue weighted by Crippen LogP contribution is -2.54. The summed E-state index contributed by atoms with van der Waals surface area (Å²) in [6.07, 6.45) is 2.39. The number of nitrogens with one attached hydrogen (secondary N) is 1. The van der Waals surface area contributed by atoms with E-state index in [1.165, 1.54) is 5.01 Å². The number of hydrogen-bond donors (Lipinski definition) is 1. The molecule has 0 atom stereocenters. The summed E-state index contributed by atoms with van der Waals surface area (Å²) in [7, 11) is 1.81. The van der Waals surface area contributed by atoms with Crippen molar-refractivity contribution in [1.29, 1.82) is 0 Å². The summed E-state index contributed by atoms with van der Waals surface area (Å²) in [6.45, 7) is 5.87. The molecule has 3 rings (SSSR count). The highest BCUT2D eigenvalue weighted by Crippen LogP contribution is 2.13. The monoisotopic (exact) mass is 433 g/mol. The largest absolute Gasteiger partial charge is 0.356 e. The molecule has 2 aromatic rings. The van der Waals surface area contributed by atoms with Crippen LogP contribution in [0.5, 0.6) is 0 Å². The van der Waals surface area contributed by atoms with Crippen molar-refractivity contribution in [3.05, 3.63) is 50.9 Å². The van der Waals surface area contributed by atoms with E-state index in [1.807, 2.05) is 43.1 Å². The minimum absolute atomic E-state index is 0.147. The topological polar surface area (TPSA) is 60.8 Å². The molecule has 1 aromatic heterocycles. The third kappa shape index (κ3) is 6.44. The van der Waals surface area contributed by atoms with Gasteiger partial charge < -0.3 is 15.1 Å². The van der Waals surface area contributed by atoms with Crippen molar-refractivity contribution in [3.63, 3.8) is 0 Å². The molecule has 1 saturated heterocycles. The number of carbonyl (C=O) groups excluding carboxylic acids is 1. The van der Waals surface area contributed by atoms with Crippen molar-refractivity contribution < 1.29 is 4.79 Å². The molecule has 0 spiro atoms. The molecular formula is C21H28ClN5OS. The first kappa shape index (κ1) is 21.6. The molecule has 1 amide bonds. The van der Waals surface area contributed by atoms with Gasteiger partial charge in [-0.3, -0.25) is 9.79 Å². The summed E-state index contributed by atoms with van der Waals surface area (Å²) in [4.78, 5) is 25.6. The van der Waals surface area contributed by atoms with Crippen LogP contribution in [0.25, 0.3) is 0 Å². The van der Waals surface area contributed by atoms with E-state index in [0.717, 1.165) is 49.7 Å². The number of halogens is 1. The predicted octanol–water partition coefficient (Wildman–Crippen LogP) is 3.00. The highest BCUT2D eigenvalue weighted by molar-refractivity contribution is 7.09. The molecular weight excluding hydrogens is 406 g/mol. The fraction of sp³-hybridized carbons (Fsp3) is 0.476. The maximum Gasteiger partial charge on any atom is 0.227 e. The Morgan fingerprint density at radius 2 is 2.03 bits per heavy atom. The highest BCUT2D eigenvalue weighted by atomic mass is 35.5. The maximum absolute atomic E-state index is 12.6. The molecule has 0 radical (unpaired) electrons. The number of hydrogen-bond acceptors (Lipinski definition) is 4. The van der Waals surface area contributed by atoms with E-state index < -0.39 is 0 Å². The second kappa shape index (κ2) is 10.6. The van der Waals surface area contributed by atoms with Crippen LogP contribution < -0.4 is 5.32 Å². The standard InChI is InChI=1S/C21H28ClN5OS/c1-16-15-29-19(25-16)7-4-8-24-21(23-2)27-11-9-26(10-12-27)20(28)14-17-5-3-6-18(22)13-17/h3,5-6,13,15H,4,7-12,14H2,1-2H3,(H,23,24). The van der Waals surface area contributed by atoms with Crippen molar-refractivity contribution in [1.82, 2.24) is 20.1 Å². The third-order valence-electron chi connectivity index (χ3n) is 4.91. The zero-order valence-electron chi connectivity index (χ0n) is 17.0. The Hall–Kier alpha value is -2.12. The van der Waals surface area contributed by atoms with Crippen molar-refractivity contribution in [3.8, 4) is 0 Å². The van der Waals surface area contributed by atoms with E-state index in [4.69, 9.17) is 11.6 Å². The molecule has 1 aliphatic heterocycles. The number of piperazine rings is 1. The van der Waals surface area contributed by atoms with E-state index >= 15 is 0 Å². The summed E-state index contributed by atoms with van der Waals surface area (Å²) in [5, 5.41) is 7.39. The number of thiazole rings is 1. The number of aromatic nitrogens is 1. The molecule has 0 aliphatic carbocycles. The van der Waals surface area contributed by atoms with Gasteiger partial charge in [-0.15, -0.1) is 11.3 Å². The summed E-state index contributed by atoms with van der Waals surface area (Å²) in [6, 6.07) is 7.51. The second-order valence-electron chi connectivity index (χ2n) is 7.13. The second-order valence-corrected chi connectivity index (χ2v) is 8.51. The maximum atomic E-state index is 12.6. The SMILES string of the molecule is CN=C(NCCCc1nc(C)cs1)N1CCN(C(=O)Cc2cccc(Cl)c2)CC1. The van der Waals surface area contributed by atoms with Crippen molar-refractivity contribution in [2.45, 2.75) is 26.2 Å². The predicted molar refractivity (Wildman–Crippen MR) is 120 cm³/mol. The van der Waals surface area contributed by atoms with Gasteiger partial charge in [0.1, 0.15) is 0 Å². The molecule has 0 bridgehead atoms. The molecule has 29 heavy (non-hydrogen) atoms. The van der Waals surface area contributed by atoms with Gasteiger partial charge in [-0.05, 0) is 31.0 Å². The van der Waals surface area contributed by atoms with Crippen molar-refractivity contribution >= 4 is 34.8 Å². The Balaban J connectivity index is 1.40. The van der Waals surface area contributed by atoms with Gasteiger partial charge in [-0.25, -0.2) is 4.98 Å². The molecule has 2 heterocycles. The first-order valence-corrected chi connectivity index (χ1v) is 11.2. The van der Waals surface area contributed by atoms with Gasteiger partial charge in [-0.1, -0.05) is 23.7 Å². The van der Waals surface area contributed by atoms with E-state index in [1.54, 1.807) is 11.3 Å². The van der Waals surface area contributed by atoms with Crippen LogP contribution in [0.15, 0.2) is 34.6 Å². The van der Waals surface area contributed by atoms with Crippen LogP contribution >= 0.6 is 22.9 Å². The van der Waals surface area contributed by atoms with E-state index in [0.29, 0.717) is 24.5 Å². The average Bonchev–Trinajstić information content (AvgIpc) is 3.13. The number of amides is 1. The molecule has 1 fully saturated rings. The fourth-order valence-electron chi connectivity index (χ4n) is 3.39. The van der Waals surface area contributed by atoms with Crippen LogP contribution in [-0.4, -0.2) is 66.4 Å². The smallest absolute Gasteiger partial charge is 0.227 e. The third-order valence-corrected chi connectivity index (χ3v) is 6.17. The summed E-state index contributed by atoms with van der Waals surface area (Å²) < 4.78 is 0. The summed E-state index contributed by atoms with van der Waals surface area (Å²) in [5.74, 6) is 1.05. The van der Waals surface area contributed by atoms with Crippen LogP contribution in [0.4, 0.5) is 0 Å². The van der Waals surface area contributed by atoms with E-state index in [9.17, 15) is 4.79 Å². The molecule has 0 saturated carbocycles. The minimum atomic E-state index is 0.147. The zero-order chi connectivity index (χ0) is 20.6. The number of rotatable bonds is 6. The lowest BCUT2D eigenvalue weighted by atomic mass is 10.1. The van der Waals surface area contributed by atoms with Gasteiger partial charge in [0.25, 0.3) is 0 Å². The van der Waals surface area contributed by atoms with Gasteiger partial charge >= 0.3 is 0 Å². The normalized spacial score (nSPS) is 14.9. The van der Waals surface area contributed by atoms with Gasteiger partial charge in [-0.2, -0.15) is 0 Å². The molecule has 156 valence electrons. The number of guanidine groups is 1. The Bertz CT molecular complexity index is 845. The molecule has 6 nitrogen and oxygen atoms in total. The molecule has 8 heteroatoms. The number of benzene rings is 1. The quantitative estimate of drug-likeness (QED) is 0.432. The molecule has 0 unspecified atom stereocenters. The molecule has 1 aromatic carbocycles. The first-order valence-electron chi connectivity index (χ1n) is 9.94. The van der Waals surface area contributed by atoms with Crippen LogP contribution in [0, 0.1) is 6.92 Å². The van der Waals surface area contributed by atoms with Crippen LogP contribution in [0.1, 0.15) is 22.7 Å². The van der Waals surface area contributed by atoms with Crippen LogP contribution in [0.2, 0.25) is 5.02 Å². The van der Waals surface area contributed by atoms with Crippen molar-refractivity contribution in [2.75, 3.05) is 39.8 Å². The van der Waals surface area contributed by atoms with E-state index in [2.05, 4.69) is 25.6 Å². The first-order chi connectivity index (χ1) is 14.0. The molecule has 1 aliphatic rings. The fourth-order valence-corrected chi connectivity index (χ4v) is 4.42. The Morgan fingerprint density at radius 3 is 2.69 bits per heavy atom. The lowest BCUT2D eigenvalue weighted by Gasteiger charge is -2.36. The van der Waals surface area contributed by atoms with Crippen molar-refractivity contribution in [2.24, 2.45) is 4.99 Å².